The van der Waals surface area contributed by atoms with Gasteiger partial charge < -0.3 is 9.47 Å². The third kappa shape index (κ3) is 6.65. The number of unbranched alkanes of at least 4 members (excludes halogenated alkanes) is 1. The maximum Gasteiger partial charge on any atom is 0.323 e. The Balaban J connectivity index is 1.55. The van der Waals surface area contributed by atoms with Crippen LogP contribution in [0.1, 0.15) is 69.6 Å². The molecule has 3 aromatic carbocycles. The van der Waals surface area contributed by atoms with E-state index in [0.29, 0.717) is 12.8 Å². The van der Waals surface area contributed by atoms with Crippen molar-refractivity contribution in [1.29, 1.82) is 0 Å². The summed E-state index contributed by atoms with van der Waals surface area (Å²) in [4.78, 5) is 28.4. The van der Waals surface area contributed by atoms with Crippen molar-refractivity contribution in [3.05, 3.63) is 142 Å². The molecule has 228 valence electrons. The van der Waals surface area contributed by atoms with Crippen LogP contribution in [0.15, 0.2) is 125 Å². The summed E-state index contributed by atoms with van der Waals surface area (Å²) in [6.45, 7) is 11.4. The molecular formula is C40H44O4. The highest BCUT2D eigenvalue weighted by Crippen LogP contribution is 2.58. The summed E-state index contributed by atoms with van der Waals surface area (Å²) >= 11 is 0. The average Bonchev–Trinajstić information content (AvgIpc) is 3.47. The highest BCUT2D eigenvalue weighted by Gasteiger charge is 2.60. The first-order chi connectivity index (χ1) is 21.3. The first-order valence-electron chi connectivity index (χ1n) is 15.9. The zero-order valence-electron chi connectivity index (χ0n) is 26.3. The molecule has 3 aromatic rings. The molecular weight excluding hydrogens is 544 g/mol. The largest absolute Gasteiger partial charge is 0.460 e. The van der Waals surface area contributed by atoms with Gasteiger partial charge in [-0.1, -0.05) is 122 Å². The van der Waals surface area contributed by atoms with Crippen LogP contribution in [-0.4, -0.2) is 11.9 Å². The van der Waals surface area contributed by atoms with E-state index < -0.39 is 17.4 Å². The number of ether oxygens (including phenoxy) is 2. The summed E-state index contributed by atoms with van der Waals surface area (Å²) in [5, 5.41) is 0. The van der Waals surface area contributed by atoms with E-state index >= 15 is 0 Å². The van der Waals surface area contributed by atoms with Crippen LogP contribution in [0.2, 0.25) is 0 Å². The number of esters is 2. The number of carbonyl (C=O) groups is 2. The van der Waals surface area contributed by atoms with Gasteiger partial charge in [0, 0.05) is 0 Å². The van der Waals surface area contributed by atoms with E-state index in [2.05, 4.69) is 51.6 Å². The van der Waals surface area contributed by atoms with Gasteiger partial charge in [0.25, 0.3) is 0 Å². The molecule has 2 aliphatic carbocycles. The van der Waals surface area contributed by atoms with Gasteiger partial charge in [0.15, 0.2) is 5.41 Å². The number of carbonyl (C=O) groups excluding carboxylic acids is 2. The zero-order valence-corrected chi connectivity index (χ0v) is 26.3. The van der Waals surface area contributed by atoms with Crippen molar-refractivity contribution in [3.8, 4) is 0 Å². The van der Waals surface area contributed by atoms with Gasteiger partial charge >= 0.3 is 11.9 Å². The van der Waals surface area contributed by atoms with Gasteiger partial charge in [0.2, 0.25) is 0 Å². The molecule has 0 bridgehead atoms. The SMILES string of the molecule is C=C1C(=C(C)C)C(CCCC)=C(Cc2ccccc2)[C@@H]2CC(C(=O)OCc3ccccc3)(C(=O)OCc3ccccc3)C[C@H]12. The Morgan fingerprint density at radius 3 is 1.70 bits per heavy atom. The van der Waals surface area contributed by atoms with Crippen molar-refractivity contribution >= 4 is 11.9 Å². The van der Waals surface area contributed by atoms with Gasteiger partial charge in [-0.2, -0.15) is 0 Å². The molecule has 0 amide bonds. The third-order valence-corrected chi connectivity index (χ3v) is 9.25. The monoisotopic (exact) mass is 588 g/mol. The van der Waals surface area contributed by atoms with Gasteiger partial charge in [-0.15, -0.1) is 0 Å². The lowest BCUT2D eigenvalue weighted by Gasteiger charge is -2.36. The van der Waals surface area contributed by atoms with Gasteiger partial charge in [0.1, 0.15) is 13.2 Å². The predicted octanol–water partition coefficient (Wildman–Crippen LogP) is 9.12. The summed E-state index contributed by atoms with van der Waals surface area (Å²) in [7, 11) is 0. The Labute approximate surface area is 262 Å². The predicted molar refractivity (Wildman–Crippen MR) is 175 cm³/mol. The van der Waals surface area contributed by atoms with Crippen LogP contribution in [-0.2, 0) is 38.7 Å². The zero-order chi connectivity index (χ0) is 31.1. The van der Waals surface area contributed by atoms with Crippen molar-refractivity contribution in [2.45, 2.75) is 72.5 Å². The van der Waals surface area contributed by atoms with E-state index in [4.69, 9.17) is 9.47 Å². The second-order valence-corrected chi connectivity index (χ2v) is 12.5. The van der Waals surface area contributed by atoms with Crippen molar-refractivity contribution in [2.75, 3.05) is 0 Å². The molecule has 4 heteroatoms. The van der Waals surface area contributed by atoms with E-state index in [1.54, 1.807) is 0 Å². The lowest BCUT2D eigenvalue weighted by Crippen LogP contribution is -2.40. The second-order valence-electron chi connectivity index (χ2n) is 12.5. The Hall–Kier alpha value is -4.18. The van der Waals surface area contributed by atoms with E-state index in [9.17, 15) is 9.59 Å². The van der Waals surface area contributed by atoms with Crippen LogP contribution >= 0.6 is 0 Å². The van der Waals surface area contributed by atoms with E-state index in [1.807, 2.05) is 66.7 Å². The number of rotatable bonds is 11. The van der Waals surface area contributed by atoms with Crippen LogP contribution in [0, 0.1) is 17.3 Å². The fourth-order valence-electron chi connectivity index (χ4n) is 7.07. The number of hydrogen-bond donors (Lipinski definition) is 0. The molecule has 2 aliphatic rings. The fourth-order valence-corrected chi connectivity index (χ4v) is 7.07. The van der Waals surface area contributed by atoms with Crippen LogP contribution < -0.4 is 0 Å². The number of allylic oxidation sites excluding steroid dienone is 5. The van der Waals surface area contributed by atoms with Gasteiger partial charge in [-0.25, -0.2) is 0 Å². The fraction of sp³-hybridized carbons (Fsp3) is 0.350. The minimum atomic E-state index is -1.42. The third-order valence-electron chi connectivity index (χ3n) is 9.25. The first kappa shape index (κ1) is 31.3. The minimum Gasteiger partial charge on any atom is -0.460 e. The van der Waals surface area contributed by atoms with E-state index in [-0.39, 0.29) is 25.0 Å². The summed E-state index contributed by atoms with van der Waals surface area (Å²) in [5.41, 5.74) is 7.71. The summed E-state index contributed by atoms with van der Waals surface area (Å²) in [5.74, 6) is -1.08. The highest BCUT2D eigenvalue weighted by molar-refractivity contribution is 6.01. The van der Waals surface area contributed by atoms with Gasteiger partial charge in [-0.3, -0.25) is 9.59 Å². The maximum atomic E-state index is 14.2. The highest BCUT2D eigenvalue weighted by atomic mass is 16.6. The lowest BCUT2D eigenvalue weighted by atomic mass is 9.68. The van der Waals surface area contributed by atoms with Crippen molar-refractivity contribution in [3.63, 3.8) is 0 Å². The summed E-state index contributed by atoms with van der Waals surface area (Å²) in [6.07, 6.45) is 4.56. The molecule has 1 fully saturated rings. The molecule has 0 N–H and O–H groups in total. The molecule has 44 heavy (non-hydrogen) atoms. The van der Waals surface area contributed by atoms with Crippen molar-refractivity contribution in [1.82, 2.24) is 0 Å². The molecule has 0 spiro atoms. The molecule has 4 nitrogen and oxygen atoms in total. The van der Waals surface area contributed by atoms with Crippen molar-refractivity contribution in [2.24, 2.45) is 17.3 Å². The first-order valence-corrected chi connectivity index (χ1v) is 15.9. The summed E-state index contributed by atoms with van der Waals surface area (Å²) < 4.78 is 11.9. The van der Waals surface area contributed by atoms with Crippen LogP contribution in [0.5, 0.6) is 0 Å². The average molecular weight is 589 g/mol. The Bertz CT molecular complexity index is 1470. The number of benzene rings is 3. The van der Waals surface area contributed by atoms with E-state index in [1.165, 1.54) is 27.9 Å². The molecule has 1 saturated carbocycles. The standard InChI is InChI=1S/C40H44O4/c1-5-6-22-33-34(23-30-16-10-7-11-17-30)36-25-40(24-35(36)29(4)37(33)28(2)3,38(41)43-26-31-18-12-8-13-19-31)39(42)44-27-32-20-14-9-15-21-32/h7-21,35-36H,4-6,22-27H2,1-3H3/t35-,36+/m1/s1. The molecule has 0 heterocycles. The lowest BCUT2D eigenvalue weighted by molar-refractivity contribution is -0.174. The van der Waals surface area contributed by atoms with Crippen molar-refractivity contribution < 1.29 is 19.1 Å². The Morgan fingerprint density at radius 2 is 1.23 bits per heavy atom. The molecule has 0 radical (unpaired) electrons. The molecule has 0 aliphatic heterocycles. The molecule has 0 saturated heterocycles. The maximum absolute atomic E-state index is 14.2. The van der Waals surface area contributed by atoms with E-state index in [0.717, 1.165) is 42.4 Å². The number of hydrogen-bond acceptors (Lipinski definition) is 4. The van der Waals surface area contributed by atoms with Crippen LogP contribution in [0.4, 0.5) is 0 Å². The molecule has 5 rings (SSSR count). The summed E-state index contributed by atoms with van der Waals surface area (Å²) in [6, 6.07) is 29.7. The quantitative estimate of drug-likeness (QED) is 0.166. The van der Waals surface area contributed by atoms with Gasteiger partial charge in [-0.05, 0) is 91.2 Å². The second kappa shape index (κ2) is 14.1. The van der Waals surface area contributed by atoms with Crippen LogP contribution in [0.3, 0.4) is 0 Å². The number of fused-ring (bicyclic) bond motifs is 1. The molecule has 0 unspecified atom stereocenters. The van der Waals surface area contributed by atoms with Gasteiger partial charge in [0.05, 0.1) is 0 Å². The van der Waals surface area contributed by atoms with Crippen LogP contribution in [0.25, 0.3) is 0 Å². The smallest absolute Gasteiger partial charge is 0.323 e. The normalized spacial score (nSPS) is 19.0. The Morgan fingerprint density at radius 1 is 0.750 bits per heavy atom. The molecule has 2 atom stereocenters. The topological polar surface area (TPSA) is 52.6 Å². The Kier molecular flexibility index (Phi) is 9.99. The molecule has 0 aromatic heterocycles. The minimum absolute atomic E-state index is 0.00814.